The maximum absolute atomic E-state index is 12.9. The summed E-state index contributed by atoms with van der Waals surface area (Å²) in [6.07, 6.45) is 3.57. The third-order valence-corrected chi connectivity index (χ3v) is 3.98. The van der Waals surface area contributed by atoms with Crippen LogP contribution in [0.15, 0.2) is 54.9 Å². The molecule has 3 aromatic rings. The van der Waals surface area contributed by atoms with Crippen molar-refractivity contribution in [1.29, 1.82) is 0 Å². The summed E-state index contributed by atoms with van der Waals surface area (Å²) in [6, 6.07) is 12.5. The molecule has 0 saturated heterocycles. The van der Waals surface area contributed by atoms with Crippen LogP contribution in [0.1, 0.15) is 16.7 Å². The van der Waals surface area contributed by atoms with Gasteiger partial charge >= 0.3 is 0 Å². The lowest BCUT2D eigenvalue weighted by Gasteiger charge is -2.11. The Balaban J connectivity index is 1.60. The highest BCUT2D eigenvalue weighted by Gasteiger charge is 2.05. The standard InChI is InChI=1S/C19H19FN4S/c1-13-3-8-18(14(2)9-13)23-19(25)22-17-10-21-24(12-17)11-15-4-6-16(20)7-5-15/h3-10,12H,11H2,1-2H3,(H2,22,23,25). The highest BCUT2D eigenvalue weighted by atomic mass is 32.1. The first kappa shape index (κ1) is 17.1. The van der Waals surface area contributed by atoms with Crippen molar-refractivity contribution in [3.63, 3.8) is 0 Å². The minimum atomic E-state index is -0.241. The molecule has 0 aliphatic carbocycles. The molecule has 128 valence electrons. The van der Waals surface area contributed by atoms with E-state index in [1.165, 1.54) is 17.7 Å². The third-order valence-electron chi connectivity index (χ3n) is 3.78. The number of hydrogen-bond donors (Lipinski definition) is 2. The molecule has 6 heteroatoms. The van der Waals surface area contributed by atoms with Gasteiger partial charge < -0.3 is 10.6 Å². The fraction of sp³-hybridized carbons (Fsp3) is 0.158. The van der Waals surface area contributed by atoms with Crippen LogP contribution in [0.25, 0.3) is 0 Å². The van der Waals surface area contributed by atoms with Crippen molar-refractivity contribution in [2.45, 2.75) is 20.4 Å². The minimum absolute atomic E-state index is 0.241. The van der Waals surface area contributed by atoms with E-state index < -0.39 is 0 Å². The molecule has 0 aliphatic rings. The molecule has 1 heterocycles. The van der Waals surface area contributed by atoms with Crippen molar-refractivity contribution in [2.75, 3.05) is 10.6 Å². The zero-order valence-corrected chi connectivity index (χ0v) is 14.9. The van der Waals surface area contributed by atoms with Crippen LogP contribution in [-0.4, -0.2) is 14.9 Å². The molecule has 2 N–H and O–H groups in total. The second-order valence-electron chi connectivity index (χ2n) is 5.95. The van der Waals surface area contributed by atoms with Crippen molar-refractivity contribution < 1.29 is 4.39 Å². The first-order chi connectivity index (χ1) is 12.0. The van der Waals surface area contributed by atoms with Crippen LogP contribution < -0.4 is 10.6 Å². The van der Waals surface area contributed by atoms with Gasteiger partial charge in [0.15, 0.2) is 5.11 Å². The van der Waals surface area contributed by atoms with Gasteiger partial charge in [-0.3, -0.25) is 4.68 Å². The molecule has 4 nitrogen and oxygen atoms in total. The predicted octanol–water partition coefficient (Wildman–Crippen LogP) is 4.50. The van der Waals surface area contributed by atoms with Gasteiger partial charge in [-0.15, -0.1) is 0 Å². The van der Waals surface area contributed by atoms with E-state index in [0.29, 0.717) is 11.7 Å². The predicted molar refractivity (Wildman–Crippen MR) is 103 cm³/mol. The van der Waals surface area contributed by atoms with Crippen LogP contribution in [0.5, 0.6) is 0 Å². The average Bonchev–Trinajstić information content (AvgIpc) is 2.99. The Morgan fingerprint density at radius 2 is 1.88 bits per heavy atom. The lowest BCUT2D eigenvalue weighted by atomic mass is 10.1. The van der Waals surface area contributed by atoms with Crippen molar-refractivity contribution in [2.24, 2.45) is 0 Å². The van der Waals surface area contributed by atoms with E-state index in [2.05, 4.69) is 28.7 Å². The van der Waals surface area contributed by atoms with E-state index in [9.17, 15) is 4.39 Å². The number of halogens is 1. The van der Waals surface area contributed by atoms with Gasteiger partial charge in [-0.1, -0.05) is 29.8 Å². The van der Waals surface area contributed by atoms with Crippen LogP contribution in [0.3, 0.4) is 0 Å². The summed E-state index contributed by atoms with van der Waals surface area (Å²) in [5.41, 5.74) is 5.10. The Labute approximate surface area is 151 Å². The maximum atomic E-state index is 12.9. The zero-order valence-electron chi connectivity index (χ0n) is 14.1. The van der Waals surface area contributed by atoms with Crippen LogP contribution >= 0.6 is 12.2 Å². The van der Waals surface area contributed by atoms with Crippen LogP contribution in [0.4, 0.5) is 15.8 Å². The van der Waals surface area contributed by atoms with E-state index >= 15 is 0 Å². The molecular weight excluding hydrogens is 335 g/mol. The average molecular weight is 354 g/mol. The monoisotopic (exact) mass is 354 g/mol. The third kappa shape index (κ3) is 4.64. The van der Waals surface area contributed by atoms with Gasteiger partial charge in [-0.05, 0) is 55.4 Å². The van der Waals surface area contributed by atoms with Crippen LogP contribution in [-0.2, 0) is 6.54 Å². The normalized spacial score (nSPS) is 10.5. The number of aryl methyl sites for hydroxylation is 2. The molecule has 0 amide bonds. The van der Waals surface area contributed by atoms with Gasteiger partial charge in [0.05, 0.1) is 18.4 Å². The Bertz CT molecular complexity index is 887. The molecule has 1 aromatic heterocycles. The zero-order chi connectivity index (χ0) is 17.8. The number of aromatic nitrogens is 2. The van der Waals surface area contributed by atoms with Gasteiger partial charge in [-0.25, -0.2) is 4.39 Å². The molecular formula is C19H19FN4S. The highest BCUT2D eigenvalue weighted by molar-refractivity contribution is 7.80. The summed E-state index contributed by atoms with van der Waals surface area (Å²) >= 11 is 5.36. The number of nitrogens with zero attached hydrogens (tertiary/aromatic N) is 2. The van der Waals surface area contributed by atoms with Gasteiger partial charge in [0, 0.05) is 11.9 Å². The first-order valence-electron chi connectivity index (χ1n) is 7.92. The summed E-state index contributed by atoms with van der Waals surface area (Å²) in [4.78, 5) is 0. The Kier molecular flexibility index (Phi) is 5.09. The second-order valence-corrected chi connectivity index (χ2v) is 6.36. The maximum Gasteiger partial charge on any atom is 0.175 e. The number of anilines is 2. The van der Waals surface area contributed by atoms with Crippen molar-refractivity contribution >= 4 is 28.7 Å². The van der Waals surface area contributed by atoms with Crippen molar-refractivity contribution in [1.82, 2.24) is 9.78 Å². The van der Waals surface area contributed by atoms with Gasteiger partial charge in [0.25, 0.3) is 0 Å². The summed E-state index contributed by atoms with van der Waals surface area (Å²) in [5.74, 6) is -0.241. The van der Waals surface area contributed by atoms with Crippen molar-refractivity contribution in [3.05, 3.63) is 77.4 Å². The fourth-order valence-electron chi connectivity index (χ4n) is 2.53. The Morgan fingerprint density at radius 1 is 1.12 bits per heavy atom. The van der Waals surface area contributed by atoms with Crippen LogP contribution in [0, 0.1) is 19.7 Å². The van der Waals surface area contributed by atoms with Crippen LogP contribution in [0.2, 0.25) is 0 Å². The van der Waals surface area contributed by atoms with E-state index in [0.717, 1.165) is 22.5 Å². The molecule has 0 radical (unpaired) electrons. The van der Waals surface area contributed by atoms with E-state index in [1.807, 2.05) is 25.3 Å². The van der Waals surface area contributed by atoms with Gasteiger partial charge in [0.1, 0.15) is 5.82 Å². The number of rotatable bonds is 4. The minimum Gasteiger partial charge on any atom is -0.332 e. The molecule has 0 saturated carbocycles. The van der Waals surface area contributed by atoms with E-state index in [-0.39, 0.29) is 5.82 Å². The largest absolute Gasteiger partial charge is 0.332 e. The molecule has 2 aromatic carbocycles. The number of nitrogens with one attached hydrogen (secondary N) is 2. The summed E-state index contributed by atoms with van der Waals surface area (Å²) < 4.78 is 14.7. The molecule has 0 aliphatic heterocycles. The summed E-state index contributed by atoms with van der Waals surface area (Å²) in [7, 11) is 0. The lowest BCUT2D eigenvalue weighted by molar-refractivity contribution is 0.624. The summed E-state index contributed by atoms with van der Waals surface area (Å²) in [5, 5.41) is 11.1. The van der Waals surface area contributed by atoms with E-state index in [1.54, 1.807) is 23.0 Å². The fourth-order valence-corrected chi connectivity index (χ4v) is 2.76. The van der Waals surface area contributed by atoms with Gasteiger partial charge in [-0.2, -0.15) is 5.10 Å². The Hall–Kier alpha value is -2.73. The Morgan fingerprint density at radius 3 is 2.60 bits per heavy atom. The first-order valence-corrected chi connectivity index (χ1v) is 8.32. The summed E-state index contributed by atoms with van der Waals surface area (Å²) in [6.45, 7) is 4.67. The molecule has 0 atom stereocenters. The number of thiocarbonyl (C=S) groups is 1. The molecule has 0 bridgehead atoms. The lowest BCUT2D eigenvalue weighted by Crippen LogP contribution is -2.19. The van der Waals surface area contributed by atoms with Crippen molar-refractivity contribution in [3.8, 4) is 0 Å². The molecule has 0 spiro atoms. The molecule has 0 unspecified atom stereocenters. The molecule has 25 heavy (non-hydrogen) atoms. The number of hydrogen-bond acceptors (Lipinski definition) is 2. The topological polar surface area (TPSA) is 41.9 Å². The quantitative estimate of drug-likeness (QED) is 0.677. The van der Waals surface area contributed by atoms with E-state index in [4.69, 9.17) is 12.2 Å². The number of benzene rings is 2. The smallest absolute Gasteiger partial charge is 0.175 e. The molecule has 3 rings (SSSR count). The molecule has 0 fully saturated rings. The van der Waals surface area contributed by atoms with Gasteiger partial charge in [0.2, 0.25) is 0 Å². The second kappa shape index (κ2) is 7.44. The SMILES string of the molecule is Cc1ccc(NC(=S)Nc2cnn(Cc3ccc(F)cc3)c2)c(C)c1. The highest BCUT2D eigenvalue weighted by Crippen LogP contribution is 2.17.